The maximum atomic E-state index is 6.09. The SMILES string of the molecule is CC(C)(C)CC(N)C(N)CC(C)(C)C. The lowest BCUT2D eigenvalue weighted by Crippen LogP contribution is -2.45. The molecule has 0 saturated carbocycles. The Morgan fingerprint density at radius 3 is 1.07 bits per heavy atom. The zero-order valence-corrected chi connectivity index (χ0v) is 10.7. The largest absolute Gasteiger partial charge is 0.326 e. The highest BCUT2D eigenvalue weighted by Crippen LogP contribution is 2.25. The third-order valence-corrected chi connectivity index (χ3v) is 2.25. The standard InChI is InChI=1S/C12H28N2/c1-11(2,3)7-9(13)10(14)8-12(4,5)6/h9-10H,7-8,13-14H2,1-6H3. The number of nitrogens with two attached hydrogens (primary N) is 2. The molecule has 0 saturated heterocycles. The van der Waals surface area contributed by atoms with E-state index in [-0.39, 0.29) is 22.9 Å². The molecule has 0 aromatic carbocycles. The minimum Gasteiger partial charge on any atom is -0.326 e. The van der Waals surface area contributed by atoms with Crippen molar-refractivity contribution < 1.29 is 0 Å². The van der Waals surface area contributed by atoms with Gasteiger partial charge >= 0.3 is 0 Å². The molecule has 0 amide bonds. The molecule has 0 aliphatic rings. The van der Waals surface area contributed by atoms with Crippen molar-refractivity contribution in [2.45, 2.75) is 66.5 Å². The van der Waals surface area contributed by atoms with Crippen molar-refractivity contribution in [3.8, 4) is 0 Å². The van der Waals surface area contributed by atoms with Crippen LogP contribution in [0, 0.1) is 10.8 Å². The average molecular weight is 200 g/mol. The van der Waals surface area contributed by atoms with Crippen molar-refractivity contribution in [2.24, 2.45) is 22.3 Å². The Bertz CT molecular complexity index is 142. The minimum atomic E-state index is 0.120. The number of hydrogen-bond acceptors (Lipinski definition) is 2. The van der Waals surface area contributed by atoms with Gasteiger partial charge in [-0.05, 0) is 23.7 Å². The van der Waals surface area contributed by atoms with E-state index in [1.807, 2.05) is 0 Å². The van der Waals surface area contributed by atoms with Gasteiger partial charge in [0.2, 0.25) is 0 Å². The Kier molecular flexibility index (Phi) is 4.60. The van der Waals surface area contributed by atoms with Crippen LogP contribution >= 0.6 is 0 Å². The van der Waals surface area contributed by atoms with Crippen LogP contribution in [0.5, 0.6) is 0 Å². The summed E-state index contributed by atoms with van der Waals surface area (Å²) in [5, 5.41) is 0. The molecule has 0 radical (unpaired) electrons. The first-order valence-corrected chi connectivity index (χ1v) is 5.52. The van der Waals surface area contributed by atoms with Crippen LogP contribution in [0.1, 0.15) is 54.4 Å². The van der Waals surface area contributed by atoms with E-state index in [1.54, 1.807) is 0 Å². The summed E-state index contributed by atoms with van der Waals surface area (Å²) in [6.07, 6.45) is 1.98. The van der Waals surface area contributed by atoms with Gasteiger partial charge in [0.1, 0.15) is 0 Å². The Morgan fingerprint density at radius 2 is 0.929 bits per heavy atom. The van der Waals surface area contributed by atoms with Crippen molar-refractivity contribution in [2.75, 3.05) is 0 Å². The van der Waals surface area contributed by atoms with Crippen LogP contribution in [0.25, 0.3) is 0 Å². The lowest BCUT2D eigenvalue weighted by atomic mass is 9.80. The quantitative estimate of drug-likeness (QED) is 0.735. The average Bonchev–Trinajstić information content (AvgIpc) is 1.78. The Morgan fingerprint density at radius 1 is 0.714 bits per heavy atom. The summed E-state index contributed by atoms with van der Waals surface area (Å²) in [6.45, 7) is 13.2. The molecule has 4 N–H and O–H groups in total. The molecule has 0 fully saturated rings. The van der Waals surface area contributed by atoms with E-state index in [4.69, 9.17) is 11.5 Å². The maximum absolute atomic E-state index is 6.09. The normalized spacial score (nSPS) is 18.0. The minimum absolute atomic E-state index is 0.120. The topological polar surface area (TPSA) is 52.0 Å². The summed E-state index contributed by atoms with van der Waals surface area (Å²) in [5.74, 6) is 0. The summed E-state index contributed by atoms with van der Waals surface area (Å²) in [4.78, 5) is 0. The molecule has 0 aliphatic carbocycles. The van der Waals surface area contributed by atoms with Gasteiger partial charge in [-0.15, -0.1) is 0 Å². The monoisotopic (exact) mass is 200 g/mol. The third kappa shape index (κ3) is 7.34. The Balaban J connectivity index is 4.07. The second kappa shape index (κ2) is 4.63. The maximum Gasteiger partial charge on any atom is 0.0197 e. The summed E-state index contributed by atoms with van der Waals surface area (Å²) < 4.78 is 0. The van der Waals surface area contributed by atoms with E-state index in [0.717, 1.165) is 12.8 Å². The summed E-state index contributed by atoms with van der Waals surface area (Å²) >= 11 is 0. The molecular formula is C12H28N2. The lowest BCUT2D eigenvalue weighted by molar-refractivity contribution is 0.265. The van der Waals surface area contributed by atoms with E-state index in [0.29, 0.717) is 0 Å². The van der Waals surface area contributed by atoms with Crippen molar-refractivity contribution >= 4 is 0 Å². The van der Waals surface area contributed by atoms with Gasteiger partial charge in [-0.2, -0.15) is 0 Å². The highest BCUT2D eigenvalue weighted by atomic mass is 14.8. The zero-order valence-electron chi connectivity index (χ0n) is 10.7. The van der Waals surface area contributed by atoms with E-state index >= 15 is 0 Å². The summed E-state index contributed by atoms with van der Waals surface area (Å²) in [5.41, 5.74) is 12.7. The van der Waals surface area contributed by atoms with Crippen molar-refractivity contribution in [1.82, 2.24) is 0 Å². The summed E-state index contributed by atoms with van der Waals surface area (Å²) in [7, 11) is 0. The molecule has 2 unspecified atom stereocenters. The second-order valence-electron chi connectivity index (χ2n) is 6.86. The fourth-order valence-corrected chi connectivity index (χ4v) is 1.72. The number of rotatable bonds is 3. The first kappa shape index (κ1) is 13.9. The molecule has 2 atom stereocenters. The van der Waals surface area contributed by atoms with Gasteiger partial charge in [0, 0.05) is 12.1 Å². The number of hydrogen-bond donors (Lipinski definition) is 2. The molecule has 86 valence electrons. The predicted octanol–water partition coefficient (Wildman–Crippen LogP) is 2.51. The molecular weight excluding hydrogens is 172 g/mol. The van der Waals surface area contributed by atoms with Crippen LogP contribution < -0.4 is 11.5 Å². The van der Waals surface area contributed by atoms with Gasteiger partial charge in [-0.3, -0.25) is 0 Å². The van der Waals surface area contributed by atoms with E-state index < -0.39 is 0 Å². The van der Waals surface area contributed by atoms with Gasteiger partial charge in [-0.1, -0.05) is 41.5 Å². The molecule has 0 aromatic heterocycles. The molecule has 0 heterocycles. The molecule has 2 heteroatoms. The van der Waals surface area contributed by atoms with Crippen LogP contribution in [0.2, 0.25) is 0 Å². The Labute approximate surface area is 89.4 Å². The van der Waals surface area contributed by atoms with Gasteiger partial charge < -0.3 is 11.5 Å². The predicted molar refractivity (Wildman–Crippen MR) is 64.1 cm³/mol. The van der Waals surface area contributed by atoms with Gasteiger partial charge in [0.25, 0.3) is 0 Å². The third-order valence-electron chi connectivity index (χ3n) is 2.25. The molecule has 0 bridgehead atoms. The molecule has 2 nitrogen and oxygen atoms in total. The van der Waals surface area contributed by atoms with Crippen LogP contribution in [0.3, 0.4) is 0 Å². The molecule has 0 aromatic rings. The molecule has 14 heavy (non-hydrogen) atoms. The van der Waals surface area contributed by atoms with Crippen LogP contribution in [0.4, 0.5) is 0 Å². The molecule has 0 spiro atoms. The van der Waals surface area contributed by atoms with Crippen LogP contribution in [-0.4, -0.2) is 12.1 Å². The van der Waals surface area contributed by atoms with Crippen molar-refractivity contribution in [3.05, 3.63) is 0 Å². The summed E-state index contributed by atoms with van der Waals surface area (Å²) in [6, 6.07) is 0.239. The fourth-order valence-electron chi connectivity index (χ4n) is 1.72. The smallest absolute Gasteiger partial charge is 0.0197 e. The molecule has 0 aliphatic heterocycles. The molecule has 0 rings (SSSR count). The van der Waals surface area contributed by atoms with Gasteiger partial charge in [0.15, 0.2) is 0 Å². The second-order valence-corrected chi connectivity index (χ2v) is 6.86. The fraction of sp³-hybridized carbons (Fsp3) is 1.00. The lowest BCUT2D eigenvalue weighted by Gasteiger charge is -2.31. The Hall–Kier alpha value is -0.0800. The van der Waals surface area contributed by atoms with Gasteiger partial charge in [0.05, 0.1) is 0 Å². The zero-order chi connectivity index (χ0) is 11.6. The van der Waals surface area contributed by atoms with Crippen molar-refractivity contribution in [3.63, 3.8) is 0 Å². The van der Waals surface area contributed by atoms with Crippen LogP contribution in [0.15, 0.2) is 0 Å². The first-order chi connectivity index (χ1) is 6.01. The van der Waals surface area contributed by atoms with Crippen molar-refractivity contribution in [1.29, 1.82) is 0 Å². The van der Waals surface area contributed by atoms with Gasteiger partial charge in [-0.25, -0.2) is 0 Å². The highest BCUT2D eigenvalue weighted by Gasteiger charge is 2.24. The highest BCUT2D eigenvalue weighted by molar-refractivity contribution is 4.83. The van der Waals surface area contributed by atoms with E-state index in [9.17, 15) is 0 Å². The van der Waals surface area contributed by atoms with E-state index in [1.165, 1.54) is 0 Å². The van der Waals surface area contributed by atoms with Crippen LogP contribution in [-0.2, 0) is 0 Å². The van der Waals surface area contributed by atoms with E-state index in [2.05, 4.69) is 41.5 Å². The first-order valence-electron chi connectivity index (χ1n) is 5.52.